The summed E-state index contributed by atoms with van der Waals surface area (Å²) in [5.74, 6) is 0.0992. The van der Waals surface area contributed by atoms with E-state index in [9.17, 15) is 13.2 Å². The number of sulfonamides is 1. The first-order valence-corrected chi connectivity index (χ1v) is 12.4. The van der Waals surface area contributed by atoms with E-state index in [0.717, 1.165) is 35.9 Å². The molecule has 30 heavy (non-hydrogen) atoms. The van der Waals surface area contributed by atoms with Crippen LogP contribution in [0, 0.1) is 0 Å². The average Bonchev–Trinajstić information content (AvgIpc) is 3.25. The van der Waals surface area contributed by atoms with Crippen molar-refractivity contribution in [3.8, 4) is 0 Å². The molecule has 158 valence electrons. The number of amides is 1. The van der Waals surface area contributed by atoms with Crippen LogP contribution in [0.1, 0.15) is 49.4 Å². The van der Waals surface area contributed by atoms with Crippen molar-refractivity contribution in [2.45, 2.75) is 50.0 Å². The van der Waals surface area contributed by atoms with Gasteiger partial charge in [-0.15, -0.1) is 11.3 Å². The molecule has 0 spiro atoms. The van der Waals surface area contributed by atoms with E-state index in [-0.39, 0.29) is 16.8 Å². The maximum absolute atomic E-state index is 13.2. The highest BCUT2D eigenvalue weighted by atomic mass is 32.2. The molecule has 1 fully saturated rings. The number of benzene rings is 1. The summed E-state index contributed by atoms with van der Waals surface area (Å²) in [6.45, 7) is 2.32. The predicted octanol–water partition coefficient (Wildman–Crippen LogP) is 4.29. The number of aromatic nitrogens is 2. The lowest BCUT2D eigenvalue weighted by molar-refractivity contribution is 0.102. The molecule has 0 radical (unpaired) electrons. The molecule has 0 aliphatic heterocycles. The third-order valence-electron chi connectivity index (χ3n) is 5.51. The maximum Gasteiger partial charge on any atom is 0.256 e. The zero-order valence-corrected chi connectivity index (χ0v) is 18.4. The topological polar surface area (TPSA) is 92.3 Å². The monoisotopic (exact) mass is 444 g/mol. The smallest absolute Gasteiger partial charge is 0.256 e. The molecule has 2 heterocycles. The molecule has 0 atom stereocenters. The Balaban J connectivity index is 1.53. The maximum atomic E-state index is 13.2. The minimum Gasteiger partial charge on any atom is -0.306 e. The highest BCUT2D eigenvalue weighted by Crippen LogP contribution is 2.28. The van der Waals surface area contributed by atoms with E-state index in [1.54, 1.807) is 16.4 Å². The van der Waals surface area contributed by atoms with E-state index in [2.05, 4.69) is 15.3 Å². The second-order valence-corrected chi connectivity index (χ2v) is 10.1. The largest absolute Gasteiger partial charge is 0.306 e. The molecule has 1 aliphatic rings. The summed E-state index contributed by atoms with van der Waals surface area (Å²) in [7, 11) is -3.59. The molecule has 3 aromatic rings. The van der Waals surface area contributed by atoms with Gasteiger partial charge in [-0.1, -0.05) is 26.2 Å². The summed E-state index contributed by atoms with van der Waals surface area (Å²) < 4.78 is 27.9. The van der Waals surface area contributed by atoms with Crippen molar-refractivity contribution < 1.29 is 13.2 Å². The fourth-order valence-electron chi connectivity index (χ4n) is 3.98. The van der Waals surface area contributed by atoms with Crippen LogP contribution >= 0.6 is 11.3 Å². The number of nitrogens with zero attached hydrogens (tertiary/aromatic N) is 3. The van der Waals surface area contributed by atoms with Gasteiger partial charge in [-0.2, -0.15) is 4.31 Å². The summed E-state index contributed by atoms with van der Waals surface area (Å²) in [5, 5.41) is 5.46. The second-order valence-electron chi connectivity index (χ2n) is 7.34. The summed E-state index contributed by atoms with van der Waals surface area (Å²) >= 11 is 1.47. The standard InChI is InChI=1S/C21H24N4O3S2/c1-2-25(16-6-4-3-5-7-16)30(27,28)17-10-8-15(9-11-17)20(26)24-19-18-12-13-29-21(18)23-14-22-19/h8-14,16H,2-7H2,1H3,(H,22,23,24,26). The third-order valence-corrected chi connectivity index (χ3v) is 8.37. The minimum atomic E-state index is -3.59. The summed E-state index contributed by atoms with van der Waals surface area (Å²) in [6, 6.07) is 8.02. The van der Waals surface area contributed by atoms with E-state index in [1.165, 1.54) is 36.2 Å². The average molecular weight is 445 g/mol. The quantitative estimate of drug-likeness (QED) is 0.612. The molecule has 0 bridgehead atoms. The first-order valence-electron chi connectivity index (χ1n) is 10.1. The van der Waals surface area contributed by atoms with Gasteiger partial charge in [0, 0.05) is 18.2 Å². The zero-order chi connectivity index (χ0) is 21.1. The number of anilines is 1. The molecule has 1 aromatic carbocycles. The SMILES string of the molecule is CCN(C1CCCCC1)S(=O)(=O)c1ccc(C(=O)Nc2ncnc3sccc23)cc1. The van der Waals surface area contributed by atoms with Gasteiger partial charge < -0.3 is 5.32 Å². The Hall–Kier alpha value is -2.36. The van der Waals surface area contributed by atoms with Crippen molar-refractivity contribution in [3.05, 3.63) is 47.6 Å². The Kier molecular flexibility index (Phi) is 6.12. The van der Waals surface area contributed by atoms with Gasteiger partial charge in [-0.25, -0.2) is 18.4 Å². The van der Waals surface area contributed by atoms with Crippen LogP contribution in [0.5, 0.6) is 0 Å². The molecule has 1 amide bonds. The Bertz CT molecular complexity index is 1140. The van der Waals surface area contributed by atoms with Gasteiger partial charge in [0.25, 0.3) is 5.91 Å². The third kappa shape index (κ3) is 4.10. The van der Waals surface area contributed by atoms with Gasteiger partial charge in [0.15, 0.2) is 0 Å². The Morgan fingerprint density at radius 1 is 1.13 bits per heavy atom. The minimum absolute atomic E-state index is 0.0579. The van der Waals surface area contributed by atoms with E-state index in [0.29, 0.717) is 17.9 Å². The van der Waals surface area contributed by atoms with Gasteiger partial charge >= 0.3 is 0 Å². The van der Waals surface area contributed by atoms with Crippen molar-refractivity contribution in [3.63, 3.8) is 0 Å². The Morgan fingerprint density at radius 3 is 2.57 bits per heavy atom. The van der Waals surface area contributed by atoms with E-state index < -0.39 is 10.0 Å². The Morgan fingerprint density at radius 2 is 1.87 bits per heavy atom. The molecule has 2 aromatic heterocycles. The summed E-state index contributed by atoms with van der Waals surface area (Å²) in [6.07, 6.45) is 6.52. The molecule has 1 saturated carbocycles. The number of rotatable bonds is 6. The van der Waals surface area contributed by atoms with Gasteiger partial charge in [-0.05, 0) is 48.6 Å². The number of nitrogens with one attached hydrogen (secondary N) is 1. The van der Waals surface area contributed by atoms with Crippen LogP contribution in [-0.2, 0) is 10.0 Å². The number of carbonyl (C=O) groups excluding carboxylic acids is 1. The molecule has 0 unspecified atom stereocenters. The fourth-order valence-corrected chi connectivity index (χ4v) is 6.40. The first-order chi connectivity index (χ1) is 14.5. The van der Waals surface area contributed by atoms with Crippen molar-refractivity contribution >= 4 is 43.3 Å². The molecule has 9 heteroatoms. The van der Waals surface area contributed by atoms with Crippen LogP contribution in [0.25, 0.3) is 10.2 Å². The van der Waals surface area contributed by atoms with Gasteiger partial charge in [0.1, 0.15) is 17.0 Å². The van der Waals surface area contributed by atoms with Crippen molar-refractivity contribution in [2.75, 3.05) is 11.9 Å². The van der Waals surface area contributed by atoms with Crippen LogP contribution in [0.15, 0.2) is 46.9 Å². The number of fused-ring (bicyclic) bond motifs is 1. The molecular formula is C21H24N4O3S2. The lowest BCUT2D eigenvalue weighted by atomic mass is 9.95. The van der Waals surface area contributed by atoms with Crippen LogP contribution in [0.2, 0.25) is 0 Å². The van der Waals surface area contributed by atoms with Gasteiger partial charge in [0.05, 0.1) is 10.3 Å². The first kappa shape index (κ1) is 20.9. The van der Waals surface area contributed by atoms with Crippen molar-refractivity contribution in [1.29, 1.82) is 0 Å². The number of thiophene rings is 1. The summed E-state index contributed by atoms with van der Waals surface area (Å²) in [4.78, 5) is 22.0. The highest BCUT2D eigenvalue weighted by Gasteiger charge is 2.31. The zero-order valence-electron chi connectivity index (χ0n) is 16.7. The van der Waals surface area contributed by atoms with E-state index >= 15 is 0 Å². The van der Waals surface area contributed by atoms with Crippen LogP contribution in [0.4, 0.5) is 5.82 Å². The second kappa shape index (κ2) is 8.79. The lowest BCUT2D eigenvalue weighted by Crippen LogP contribution is -2.41. The number of carbonyl (C=O) groups is 1. The van der Waals surface area contributed by atoms with Gasteiger partial charge in [-0.3, -0.25) is 4.79 Å². The van der Waals surface area contributed by atoms with Crippen molar-refractivity contribution in [1.82, 2.24) is 14.3 Å². The van der Waals surface area contributed by atoms with Crippen LogP contribution < -0.4 is 5.32 Å². The molecule has 1 aliphatic carbocycles. The number of hydrogen-bond acceptors (Lipinski definition) is 6. The van der Waals surface area contributed by atoms with Crippen LogP contribution in [0.3, 0.4) is 0 Å². The molecular weight excluding hydrogens is 420 g/mol. The molecule has 7 nitrogen and oxygen atoms in total. The number of hydrogen-bond donors (Lipinski definition) is 1. The van der Waals surface area contributed by atoms with E-state index in [1.807, 2.05) is 18.4 Å². The normalized spacial score (nSPS) is 15.5. The molecule has 0 saturated heterocycles. The van der Waals surface area contributed by atoms with Crippen LogP contribution in [-0.4, -0.2) is 41.2 Å². The van der Waals surface area contributed by atoms with E-state index in [4.69, 9.17) is 0 Å². The molecule has 4 rings (SSSR count). The lowest BCUT2D eigenvalue weighted by Gasteiger charge is -2.32. The molecule has 1 N–H and O–H groups in total. The summed E-state index contributed by atoms with van der Waals surface area (Å²) in [5.41, 5.74) is 0.372. The van der Waals surface area contributed by atoms with Crippen molar-refractivity contribution in [2.24, 2.45) is 0 Å². The highest BCUT2D eigenvalue weighted by molar-refractivity contribution is 7.89. The Labute approximate surface area is 180 Å². The van der Waals surface area contributed by atoms with Gasteiger partial charge in [0.2, 0.25) is 10.0 Å². The fraction of sp³-hybridized carbons (Fsp3) is 0.381. The predicted molar refractivity (Wildman–Crippen MR) is 118 cm³/mol.